The summed E-state index contributed by atoms with van der Waals surface area (Å²) in [4.78, 5) is 14.8. The lowest BCUT2D eigenvalue weighted by Crippen LogP contribution is -2.47. The van der Waals surface area contributed by atoms with Gasteiger partial charge in [0, 0.05) is 25.2 Å². The van der Waals surface area contributed by atoms with Gasteiger partial charge in [-0.15, -0.1) is 0 Å². The van der Waals surface area contributed by atoms with Crippen molar-refractivity contribution in [3.05, 3.63) is 35.1 Å². The zero-order valence-electron chi connectivity index (χ0n) is 13.7. The molecule has 2 aliphatic rings. The number of nitrogens with one attached hydrogen (secondary N) is 1. The van der Waals surface area contributed by atoms with Crippen LogP contribution in [0.4, 0.5) is 4.39 Å². The highest BCUT2D eigenvalue weighted by atomic mass is 19.1. The summed E-state index contributed by atoms with van der Waals surface area (Å²) in [5.74, 6) is -0.734. The van der Waals surface area contributed by atoms with Gasteiger partial charge in [0.15, 0.2) is 0 Å². The van der Waals surface area contributed by atoms with Crippen LogP contribution in [0.3, 0.4) is 0 Å². The van der Waals surface area contributed by atoms with E-state index in [1.165, 1.54) is 6.07 Å². The average molecular weight is 320 g/mol. The highest BCUT2D eigenvalue weighted by Gasteiger charge is 2.28. The van der Waals surface area contributed by atoms with E-state index in [2.05, 4.69) is 10.2 Å². The van der Waals surface area contributed by atoms with Crippen LogP contribution in [0.2, 0.25) is 0 Å². The van der Waals surface area contributed by atoms with Gasteiger partial charge >= 0.3 is 0 Å². The molecule has 0 aromatic heterocycles. The van der Waals surface area contributed by atoms with Crippen molar-refractivity contribution in [2.45, 2.75) is 44.7 Å². The van der Waals surface area contributed by atoms with Gasteiger partial charge in [-0.25, -0.2) is 4.39 Å². The predicted octanol–water partition coefficient (Wildman–Crippen LogP) is 2.51. The van der Waals surface area contributed by atoms with E-state index >= 15 is 0 Å². The molecule has 0 bridgehead atoms. The number of hydrogen-bond acceptors (Lipinski definition) is 3. The maximum atomic E-state index is 13.9. The first-order chi connectivity index (χ1) is 11.1. The first-order valence-electron chi connectivity index (χ1n) is 8.52. The molecule has 4 nitrogen and oxygen atoms in total. The van der Waals surface area contributed by atoms with E-state index in [0.29, 0.717) is 6.04 Å². The Balaban J connectivity index is 1.51. The van der Waals surface area contributed by atoms with Gasteiger partial charge in [0.1, 0.15) is 5.82 Å². The van der Waals surface area contributed by atoms with Gasteiger partial charge < -0.3 is 10.1 Å². The summed E-state index contributed by atoms with van der Waals surface area (Å²) in [7, 11) is 0. The van der Waals surface area contributed by atoms with Crippen molar-refractivity contribution in [2.75, 3.05) is 26.3 Å². The van der Waals surface area contributed by atoms with Crippen LogP contribution in [-0.4, -0.2) is 49.2 Å². The van der Waals surface area contributed by atoms with Gasteiger partial charge in [-0.3, -0.25) is 9.69 Å². The van der Waals surface area contributed by atoms with Crippen molar-refractivity contribution in [1.29, 1.82) is 0 Å². The number of carbonyl (C=O) groups excluding carboxylic acids is 1. The number of benzene rings is 1. The molecule has 23 heavy (non-hydrogen) atoms. The molecule has 126 valence electrons. The number of ether oxygens (including phenoxy) is 1. The molecule has 0 unspecified atom stereocenters. The molecule has 1 aromatic rings. The number of aryl methyl sites for hydroxylation is 1. The summed E-state index contributed by atoms with van der Waals surface area (Å²) in [6.45, 7) is 5.48. The van der Waals surface area contributed by atoms with E-state index in [-0.39, 0.29) is 17.5 Å². The zero-order valence-corrected chi connectivity index (χ0v) is 13.7. The number of hydrogen-bond donors (Lipinski definition) is 1. The van der Waals surface area contributed by atoms with E-state index in [4.69, 9.17) is 4.74 Å². The van der Waals surface area contributed by atoms with Crippen LogP contribution < -0.4 is 5.32 Å². The molecule has 2 fully saturated rings. The van der Waals surface area contributed by atoms with E-state index in [1.54, 1.807) is 12.1 Å². The number of rotatable bonds is 3. The van der Waals surface area contributed by atoms with Crippen molar-refractivity contribution >= 4 is 5.91 Å². The molecular weight excluding hydrogens is 295 g/mol. The van der Waals surface area contributed by atoms with Crippen molar-refractivity contribution in [3.8, 4) is 0 Å². The monoisotopic (exact) mass is 320 g/mol. The first kappa shape index (κ1) is 16.4. The van der Waals surface area contributed by atoms with Crippen LogP contribution in [0.15, 0.2) is 18.2 Å². The lowest BCUT2D eigenvalue weighted by molar-refractivity contribution is 0.00664. The molecule has 3 rings (SSSR count). The Bertz CT molecular complexity index is 550. The number of amides is 1. The molecule has 5 heteroatoms. The lowest BCUT2D eigenvalue weighted by Gasteiger charge is -2.38. The van der Waals surface area contributed by atoms with Crippen LogP contribution in [0.5, 0.6) is 0 Å². The minimum Gasteiger partial charge on any atom is -0.379 e. The third kappa shape index (κ3) is 4.09. The molecule has 1 aromatic carbocycles. The minimum atomic E-state index is -0.440. The Labute approximate surface area is 137 Å². The topological polar surface area (TPSA) is 41.6 Å². The second kappa shape index (κ2) is 7.41. The highest BCUT2D eigenvalue weighted by molar-refractivity contribution is 5.94. The smallest absolute Gasteiger partial charge is 0.254 e. The summed E-state index contributed by atoms with van der Waals surface area (Å²) in [5, 5.41) is 3.00. The minimum absolute atomic E-state index is 0.144. The van der Waals surface area contributed by atoms with Crippen LogP contribution in [-0.2, 0) is 4.74 Å². The average Bonchev–Trinajstić information content (AvgIpc) is 2.56. The third-order valence-electron chi connectivity index (χ3n) is 4.96. The van der Waals surface area contributed by atoms with E-state index in [1.807, 2.05) is 6.92 Å². The van der Waals surface area contributed by atoms with Gasteiger partial charge in [-0.05, 0) is 50.3 Å². The predicted molar refractivity (Wildman–Crippen MR) is 87.0 cm³/mol. The summed E-state index contributed by atoms with van der Waals surface area (Å²) >= 11 is 0. The molecule has 1 saturated heterocycles. The summed E-state index contributed by atoms with van der Waals surface area (Å²) < 4.78 is 19.3. The fraction of sp³-hybridized carbons (Fsp3) is 0.611. The Morgan fingerprint density at radius 1 is 1.22 bits per heavy atom. The second-order valence-electron chi connectivity index (χ2n) is 6.61. The molecule has 1 aliphatic heterocycles. The largest absolute Gasteiger partial charge is 0.379 e. The third-order valence-corrected chi connectivity index (χ3v) is 4.96. The molecule has 0 spiro atoms. The normalized spacial score (nSPS) is 26.0. The van der Waals surface area contributed by atoms with Crippen molar-refractivity contribution in [1.82, 2.24) is 10.2 Å². The van der Waals surface area contributed by atoms with Gasteiger partial charge in [-0.2, -0.15) is 0 Å². The molecular formula is C18H25FN2O2. The van der Waals surface area contributed by atoms with E-state index in [9.17, 15) is 9.18 Å². The van der Waals surface area contributed by atoms with Crippen LogP contribution >= 0.6 is 0 Å². The maximum absolute atomic E-state index is 13.9. The lowest BCUT2D eigenvalue weighted by atomic mass is 9.89. The summed E-state index contributed by atoms with van der Waals surface area (Å²) in [6.07, 6.45) is 4.09. The first-order valence-corrected chi connectivity index (χ1v) is 8.52. The van der Waals surface area contributed by atoms with Crippen molar-refractivity contribution < 1.29 is 13.9 Å². The SMILES string of the molecule is Cc1ccc(C(=O)NC2CCC(N3CCOCC3)CC2)c(F)c1. The van der Waals surface area contributed by atoms with Gasteiger partial charge in [0.25, 0.3) is 5.91 Å². The van der Waals surface area contributed by atoms with Crippen molar-refractivity contribution in [3.63, 3.8) is 0 Å². The molecule has 1 N–H and O–H groups in total. The maximum Gasteiger partial charge on any atom is 0.254 e. The second-order valence-corrected chi connectivity index (χ2v) is 6.61. The molecule has 1 saturated carbocycles. The standard InChI is InChI=1S/C18H25FN2O2/c1-13-2-7-16(17(19)12-13)18(22)20-14-3-5-15(6-4-14)21-8-10-23-11-9-21/h2,7,12,14-15H,3-6,8-11H2,1H3,(H,20,22). The van der Waals surface area contributed by atoms with Gasteiger partial charge in [0.2, 0.25) is 0 Å². The van der Waals surface area contributed by atoms with Crippen LogP contribution in [0.1, 0.15) is 41.6 Å². The van der Waals surface area contributed by atoms with Crippen LogP contribution in [0.25, 0.3) is 0 Å². The number of carbonyl (C=O) groups is 1. The number of halogens is 1. The molecule has 0 atom stereocenters. The van der Waals surface area contributed by atoms with Crippen LogP contribution in [0, 0.1) is 12.7 Å². The number of morpholine rings is 1. The molecule has 0 radical (unpaired) electrons. The fourth-order valence-corrected chi connectivity index (χ4v) is 3.60. The summed E-state index contributed by atoms with van der Waals surface area (Å²) in [5.41, 5.74) is 0.968. The molecule has 1 aliphatic carbocycles. The number of nitrogens with zero attached hydrogens (tertiary/aromatic N) is 1. The van der Waals surface area contributed by atoms with Crippen molar-refractivity contribution in [2.24, 2.45) is 0 Å². The molecule has 1 heterocycles. The Hall–Kier alpha value is -1.46. The Kier molecular flexibility index (Phi) is 5.28. The van der Waals surface area contributed by atoms with E-state index < -0.39 is 5.82 Å². The highest BCUT2D eigenvalue weighted by Crippen LogP contribution is 2.24. The quantitative estimate of drug-likeness (QED) is 0.930. The zero-order chi connectivity index (χ0) is 16.2. The Morgan fingerprint density at radius 2 is 1.91 bits per heavy atom. The van der Waals surface area contributed by atoms with Gasteiger partial charge in [0.05, 0.1) is 18.8 Å². The van der Waals surface area contributed by atoms with E-state index in [0.717, 1.165) is 57.6 Å². The summed E-state index contributed by atoms with van der Waals surface area (Å²) in [6, 6.07) is 5.50. The van der Waals surface area contributed by atoms with Gasteiger partial charge in [-0.1, -0.05) is 6.07 Å². The fourth-order valence-electron chi connectivity index (χ4n) is 3.60. The Morgan fingerprint density at radius 3 is 2.57 bits per heavy atom. The molecule has 1 amide bonds.